The molecular formula is C20H18BrNO4S. The molecule has 1 amide bonds. The summed E-state index contributed by atoms with van der Waals surface area (Å²) in [4.78, 5) is 16.1. The standard InChI is InChI=1S/C20H18BrNO4S/c1-24-15-10-12-7-8-22(20(23)14-5-6-18(21)26-14)19(17-4-3-9-27-17)13(12)11-16(15)25-2/h3-6,9-11,19H,7-8H2,1-2H3/t19-/m0/s1. The molecular weight excluding hydrogens is 430 g/mol. The number of methoxy groups -OCH3 is 2. The van der Waals surface area contributed by atoms with Crippen LogP contribution in [0.2, 0.25) is 0 Å². The van der Waals surface area contributed by atoms with Gasteiger partial charge in [-0.05, 0) is 69.2 Å². The summed E-state index contributed by atoms with van der Waals surface area (Å²) in [5, 5.41) is 2.02. The van der Waals surface area contributed by atoms with Gasteiger partial charge in [0.15, 0.2) is 21.9 Å². The highest BCUT2D eigenvalue weighted by molar-refractivity contribution is 9.10. The largest absolute Gasteiger partial charge is 0.493 e. The zero-order chi connectivity index (χ0) is 19.0. The molecule has 2 aromatic heterocycles. The van der Waals surface area contributed by atoms with Crippen LogP contribution in [-0.4, -0.2) is 31.6 Å². The minimum Gasteiger partial charge on any atom is -0.493 e. The van der Waals surface area contributed by atoms with Crippen LogP contribution in [-0.2, 0) is 6.42 Å². The summed E-state index contributed by atoms with van der Waals surface area (Å²) in [6, 6.07) is 11.3. The van der Waals surface area contributed by atoms with Crippen molar-refractivity contribution >= 4 is 33.2 Å². The second-order valence-corrected chi connectivity index (χ2v) is 7.94. The zero-order valence-corrected chi connectivity index (χ0v) is 17.3. The molecule has 1 atom stereocenters. The molecule has 0 saturated carbocycles. The molecule has 3 aromatic rings. The van der Waals surface area contributed by atoms with Crippen LogP contribution in [0.1, 0.15) is 32.6 Å². The topological polar surface area (TPSA) is 51.9 Å². The van der Waals surface area contributed by atoms with Crippen molar-refractivity contribution in [2.75, 3.05) is 20.8 Å². The normalized spacial score (nSPS) is 16.1. The van der Waals surface area contributed by atoms with Gasteiger partial charge >= 0.3 is 0 Å². The average molecular weight is 448 g/mol. The van der Waals surface area contributed by atoms with Crippen molar-refractivity contribution < 1.29 is 18.7 Å². The minimum absolute atomic E-state index is 0.125. The first-order valence-electron chi connectivity index (χ1n) is 8.47. The third-order valence-electron chi connectivity index (χ3n) is 4.73. The minimum atomic E-state index is -0.190. The number of carbonyl (C=O) groups excluding carboxylic acids is 1. The SMILES string of the molecule is COc1cc2c(cc1OC)[C@@H](c1cccs1)N(C(=O)c1ccc(Br)o1)CC2. The Kier molecular flexibility index (Phi) is 4.97. The number of carbonyl (C=O) groups is 1. The molecule has 0 bridgehead atoms. The van der Waals surface area contributed by atoms with E-state index in [1.54, 1.807) is 37.7 Å². The van der Waals surface area contributed by atoms with E-state index in [1.165, 1.54) is 0 Å². The molecule has 4 rings (SSSR count). The van der Waals surface area contributed by atoms with Crippen molar-refractivity contribution in [3.05, 3.63) is 68.2 Å². The molecule has 0 aliphatic carbocycles. The monoisotopic (exact) mass is 447 g/mol. The quantitative estimate of drug-likeness (QED) is 0.569. The number of thiophene rings is 1. The first kappa shape index (κ1) is 18.1. The van der Waals surface area contributed by atoms with Crippen LogP contribution in [0, 0.1) is 0 Å². The molecule has 0 unspecified atom stereocenters. The van der Waals surface area contributed by atoms with Crippen molar-refractivity contribution in [3.63, 3.8) is 0 Å². The summed E-state index contributed by atoms with van der Waals surface area (Å²) in [5.41, 5.74) is 2.22. The van der Waals surface area contributed by atoms with Gasteiger partial charge in [-0.25, -0.2) is 0 Å². The first-order valence-corrected chi connectivity index (χ1v) is 10.1. The number of fused-ring (bicyclic) bond motifs is 1. The van der Waals surface area contributed by atoms with Gasteiger partial charge < -0.3 is 18.8 Å². The third kappa shape index (κ3) is 3.26. The van der Waals surface area contributed by atoms with Crippen LogP contribution in [0.25, 0.3) is 0 Å². The summed E-state index contributed by atoms with van der Waals surface area (Å²) >= 11 is 4.91. The molecule has 7 heteroatoms. The summed E-state index contributed by atoms with van der Waals surface area (Å²) in [7, 11) is 3.25. The van der Waals surface area contributed by atoms with Gasteiger partial charge in [-0.1, -0.05) is 6.07 Å². The van der Waals surface area contributed by atoms with E-state index in [4.69, 9.17) is 13.9 Å². The van der Waals surface area contributed by atoms with Gasteiger partial charge in [0.25, 0.3) is 5.91 Å². The maximum Gasteiger partial charge on any atom is 0.290 e. The number of ether oxygens (including phenoxy) is 2. The van der Waals surface area contributed by atoms with E-state index in [9.17, 15) is 4.79 Å². The molecule has 3 heterocycles. The predicted octanol–water partition coefficient (Wildman–Crippen LogP) is 4.91. The Hall–Kier alpha value is -2.25. The number of hydrogen-bond acceptors (Lipinski definition) is 5. The van der Waals surface area contributed by atoms with Crippen molar-refractivity contribution in [1.82, 2.24) is 4.90 Å². The summed E-state index contributed by atoms with van der Waals surface area (Å²) in [5.74, 6) is 1.57. The van der Waals surface area contributed by atoms with Crippen molar-refractivity contribution in [1.29, 1.82) is 0 Å². The summed E-state index contributed by atoms with van der Waals surface area (Å²) in [6.07, 6.45) is 0.741. The fourth-order valence-corrected chi connectivity index (χ4v) is 4.65. The second kappa shape index (κ2) is 7.40. The predicted molar refractivity (Wildman–Crippen MR) is 107 cm³/mol. The van der Waals surface area contributed by atoms with Crippen molar-refractivity contribution in [2.45, 2.75) is 12.5 Å². The van der Waals surface area contributed by atoms with E-state index in [2.05, 4.69) is 22.0 Å². The van der Waals surface area contributed by atoms with E-state index in [1.807, 2.05) is 28.5 Å². The number of benzene rings is 1. The van der Waals surface area contributed by atoms with Gasteiger partial charge in [0.05, 0.1) is 20.3 Å². The van der Waals surface area contributed by atoms with E-state index in [-0.39, 0.29) is 11.9 Å². The van der Waals surface area contributed by atoms with E-state index in [0.717, 1.165) is 22.4 Å². The highest BCUT2D eigenvalue weighted by Gasteiger charge is 2.35. The molecule has 5 nitrogen and oxygen atoms in total. The molecule has 1 aromatic carbocycles. The number of amides is 1. The molecule has 0 N–H and O–H groups in total. The lowest BCUT2D eigenvalue weighted by Crippen LogP contribution is -2.40. The Morgan fingerprint density at radius 1 is 1.22 bits per heavy atom. The molecule has 0 radical (unpaired) electrons. The Morgan fingerprint density at radius 2 is 2.00 bits per heavy atom. The van der Waals surface area contributed by atoms with E-state index >= 15 is 0 Å². The van der Waals surface area contributed by atoms with Crippen LogP contribution >= 0.6 is 27.3 Å². The molecule has 0 saturated heterocycles. The number of hydrogen-bond donors (Lipinski definition) is 0. The average Bonchev–Trinajstić information content (AvgIpc) is 3.37. The Labute approximate surface area is 169 Å². The van der Waals surface area contributed by atoms with Gasteiger partial charge in [0, 0.05) is 11.4 Å². The van der Waals surface area contributed by atoms with Gasteiger partial charge in [-0.2, -0.15) is 0 Å². The smallest absolute Gasteiger partial charge is 0.290 e. The highest BCUT2D eigenvalue weighted by Crippen LogP contribution is 2.42. The zero-order valence-electron chi connectivity index (χ0n) is 14.9. The second-order valence-electron chi connectivity index (χ2n) is 6.18. The number of rotatable bonds is 4. The van der Waals surface area contributed by atoms with Gasteiger partial charge in [-0.15, -0.1) is 11.3 Å². The van der Waals surface area contributed by atoms with Crippen molar-refractivity contribution in [2.24, 2.45) is 0 Å². The van der Waals surface area contributed by atoms with Gasteiger partial charge in [0.1, 0.15) is 0 Å². The lowest BCUT2D eigenvalue weighted by atomic mass is 9.90. The Balaban J connectivity index is 1.82. The maximum absolute atomic E-state index is 13.2. The van der Waals surface area contributed by atoms with E-state index in [0.29, 0.717) is 28.5 Å². The van der Waals surface area contributed by atoms with Crippen molar-refractivity contribution in [3.8, 4) is 11.5 Å². The molecule has 1 aliphatic rings. The molecule has 140 valence electrons. The lowest BCUT2D eigenvalue weighted by molar-refractivity contribution is 0.0663. The number of nitrogens with zero attached hydrogens (tertiary/aromatic N) is 1. The molecule has 27 heavy (non-hydrogen) atoms. The van der Waals surface area contributed by atoms with Crippen LogP contribution < -0.4 is 9.47 Å². The van der Waals surface area contributed by atoms with E-state index < -0.39 is 0 Å². The molecule has 1 aliphatic heterocycles. The number of furan rings is 1. The molecule has 0 fully saturated rings. The number of halogens is 1. The third-order valence-corrected chi connectivity index (χ3v) is 6.08. The lowest BCUT2D eigenvalue weighted by Gasteiger charge is -2.37. The first-order chi connectivity index (χ1) is 13.1. The fourth-order valence-electron chi connectivity index (χ4n) is 3.49. The fraction of sp³-hybridized carbons (Fsp3) is 0.250. The Bertz CT molecular complexity index is 967. The van der Waals surface area contributed by atoms with Crippen LogP contribution in [0.4, 0.5) is 0 Å². The Morgan fingerprint density at radius 3 is 2.63 bits per heavy atom. The van der Waals surface area contributed by atoms with Gasteiger partial charge in [0.2, 0.25) is 0 Å². The van der Waals surface area contributed by atoms with Crippen LogP contribution in [0.15, 0.2) is 50.9 Å². The highest BCUT2D eigenvalue weighted by atomic mass is 79.9. The van der Waals surface area contributed by atoms with Crippen LogP contribution in [0.3, 0.4) is 0 Å². The molecule has 0 spiro atoms. The van der Waals surface area contributed by atoms with Gasteiger partial charge in [-0.3, -0.25) is 4.79 Å². The summed E-state index contributed by atoms with van der Waals surface area (Å²) in [6.45, 7) is 0.599. The summed E-state index contributed by atoms with van der Waals surface area (Å²) < 4.78 is 17.0. The van der Waals surface area contributed by atoms with Crippen LogP contribution in [0.5, 0.6) is 11.5 Å². The maximum atomic E-state index is 13.2.